The molecule has 11 heteroatoms. The first-order chi connectivity index (χ1) is 13.2. The van der Waals surface area contributed by atoms with Crippen LogP contribution in [0, 0.1) is 0 Å². The van der Waals surface area contributed by atoms with Crippen LogP contribution in [0.15, 0.2) is 35.4 Å². The summed E-state index contributed by atoms with van der Waals surface area (Å²) in [5.41, 5.74) is -1.79. The van der Waals surface area contributed by atoms with E-state index in [1.165, 1.54) is 6.20 Å². The average Bonchev–Trinajstić information content (AvgIpc) is 3.13. The van der Waals surface area contributed by atoms with Gasteiger partial charge in [-0.05, 0) is 23.8 Å². The number of hydrogen-bond donors (Lipinski definition) is 5. The van der Waals surface area contributed by atoms with E-state index >= 15 is 0 Å². The minimum atomic E-state index is -4.64. The van der Waals surface area contributed by atoms with E-state index in [1.54, 1.807) is 0 Å². The van der Waals surface area contributed by atoms with Gasteiger partial charge in [0.05, 0.1) is 35.6 Å². The highest BCUT2D eigenvalue weighted by molar-refractivity contribution is 5.98. The van der Waals surface area contributed by atoms with E-state index in [9.17, 15) is 27.9 Å². The number of aliphatic hydroxyl groups is 2. The van der Waals surface area contributed by atoms with E-state index in [1.807, 2.05) is 0 Å². The van der Waals surface area contributed by atoms with Crippen molar-refractivity contribution in [3.05, 3.63) is 52.1 Å². The molecule has 0 bridgehead atoms. The number of alkyl halides is 3. The summed E-state index contributed by atoms with van der Waals surface area (Å²) in [6, 6.07) is 2.86. The number of aliphatic hydroxyl groups excluding tert-OH is 2. The number of nitrogens with zero attached hydrogens (tertiary/aromatic N) is 1. The van der Waals surface area contributed by atoms with Crippen molar-refractivity contribution in [3.8, 4) is 11.1 Å². The molecule has 1 atom stereocenters. The lowest BCUT2D eigenvalue weighted by Crippen LogP contribution is -2.34. The third-order valence-electron chi connectivity index (χ3n) is 4.05. The van der Waals surface area contributed by atoms with E-state index in [0.717, 1.165) is 24.4 Å². The Balaban J connectivity index is 2.08. The number of aromatic amines is 2. The summed E-state index contributed by atoms with van der Waals surface area (Å²) in [4.78, 5) is 26.8. The smallest absolute Gasteiger partial charge is 0.394 e. The van der Waals surface area contributed by atoms with Gasteiger partial charge in [0, 0.05) is 23.7 Å². The van der Waals surface area contributed by atoms with Crippen LogP contribution in [0.4, 0.5) is 13.2 Å². The summed E-state index contributed by atoms with van der Waals surface area (Å²) >= 11 is 0. The monoisotopic (exact) mass is 396 g/mol. The molecule has 148 valence electrons. The van der Waals surface area contributed by atoms with E-state index in [2.05, 4.69) is 20.5 Å². The topological polar surface area (TPSA) is 131 Å². The van der Waals surface area contributed by atoms with E-state index < -0.39 is 35.9 Å². The molecule has 0 aliphatic rings. The second-order valence-corrected chi connectivity index (χ2v) is 6.03. The predicted molar refractivity (Wildman–Crippen MR) is 92.6 cm³/mol. The molecule has 1 amide bonds. The maximum atomic E-state index is 13.2. The lowest BCUT2D eigenvalue weighted by molar-refractivity contribution is -0.137. The molecule has 0 spiro atoms. The molecule has 2 aromatic heterocycles. The fraction of sp³-hybridized carbons (Fsp3) is 0.235. The van der Waals surface area contributed by atoms with Crippen molar-refractivity contribution in [1.29, 1.82) is 0 Å². The highest BCUT2D eigenvalue weighted by atomic mass is 19.4. The fourth-order valence-electron chi connectivity index (χ4n) is 2.63. The molecule has 1 unspecified atom stereocenters. The number of halogens is 3. The maximum absolute atomic E-state index is 13.2. The lowest BCUT2D eigenvalue weighted by Gasteiger charge is -2.12. The Morgan fingerprint density at radius 1 is 1.25 bits per heavy atom. The number of carbonyl (C=O) groups is 1. The van der Waals surface area contributed by atoms with Gasteiger partial charge in [-0.15, -0.1) is 0 Å². The molecule has 3 rings (SSSR count). The number of fused-ring (bicyclic) bond motifs is 1. The van der Waals surface area contributed by atoms with E-state index in [4.69, 9.17) is 5.11 Å². The molecule has 0 aliphatic heterocycles. The zero-order valence-corrected chi connectivity index (χ0v) is 14.2. The Morgan fingerprint density at radius 3 is 2.68 bits per heavy atom. The summed E-state index contributed by atoms with van der Waals surface area (Å²) in [6.07, 6.45) is -3.42. The van der Waals surface area contributed by atoms with Gasteiger partial charge in [0.25, 0.3) is 11.5 Å². The molecule has 0 saturated heterocycles. The summed E-state index contributed by atoms with van der Waals surface area (Å²) in [7, 11) is 0. The molecular formula is C17H15F3N4O4. The van der Waals surface area contributed by atoms with Gasteiger partial charge < -0.3 is 20.5 Å². The molecule has 2 heterocycles. The number of benzene rings is 1. The van der Waals surface area contributed by atoms with Gasteiger partial charge in [-0.2, -0.15) is 18.3 Å². The van der Waals surface area contributed by atoms with Gasteiger partial charge in [-0.25, -0.2) is 0 Å². The average molecular weight is 396 g/mol. The quantitative estimate of drug-likeness (QED) is 0.440. The van der Waals surface area contributed by atoms with Crippen LogP contribution < -0.4 is 10.9 Å². The second-order valence-electron chi connectivity index (χ2n) is 6.03. The molecule has 0 saturated carbocycles. The van der Waals surface area contributed by atoms with Crippen LogP contribution in [0.2, 0.25) is 0 Å². The number of nitrogens with one attached hydrogen (secondary N) is 3. The zero-order valence-electron chi connectivity index (χ0n) is 14.2. The molecule has 0 fully saturated rings. The minimum Gasteiger partial charge on any atom is -0.394 e. The molecular weight excluding hydrogens is 381 g/mol. The highest BCUT2D eigenvalue weighted by Gasteiger charge is 2.32. The molecule has 5 N–H and O–H groups in total. The number of pyridine rings is 1. The van der Waals surface area contributed by atoms with Crippen LogP contribution in [0.3, 0.4) is 0 Å². The van der Waals surface area contributed by atoms with Gasteiger partial charge in [0.2, 0.25) is 0 Å². The van der Waals surface area contributed by atoms with Crippen LogP contribution in [0.5, 0.6) is 0 Å². The Hall–Kier alpha value is -3.18. The maximum Gasteiger partial charge on any atom is 0.416 e. The summed E-state index contributed by atoms with van der Waals surface area (Å²) in [6.45, 7) is -0.792. The molecule has 0 radical (unpaired) electrons. The third kappa shape index (κ3) is 3.89. The number of rotatable bonds is 5. The predicted octanol–water partition coefficient (Wildman–Crippen LogP) is 1.02. The lowest BCUT2D eigenvalue weighted by atomic mass is 9.99. The SMILES string of the molecule is O=C(NCC(O)CO)c1c[nH]c(=O)c(-c2cc(C(F)(F)F)cc3[nH]ncc23)c1. The van der Waals surface area contributed by atoms with Gasteiger partial charge in [-0.1, -0.05) is 0 Å². The first kappa shape index (κ1) is 19.6. The highest BCUT2D eigenvalue weighted by Crippen LogP contribution is 2.35. The van der Waals surface area contributed by atoms with Gasteiger partial charge in [0.1, 0.15) is 0 Å². The van der Waals surface area contributed by atoms with Crippen molar-refractivity contribution in [2.45, 2.75) is 12.3 Å². The number of carbonyl (C=O) groups excluding carboxylic acids is 1. The third-order valence-corrected chi connectivity index (χ3v) is 4.05. The van der Waals surface area contributed by atoms with Crippen LogP contribution in [0.1, 0.15) is 15.9 Å². The molecule has 28 heavy (non-hydrogen) atoms. The zero-order chi connectivity index (χ0) is 20.5. The van der Waals surface area contributed by atoms with Crippen LogP contribution in [-0.4, -0.2) is 50.6 Å². The number of H-pyrrole nitrogens is 2. The van der Waals surface area contributed by atoms with Gasteiger partial charge in [0.15, 0.2) is 0 Å². The molecule has 3 aromatic rings. The van der Waals surface area contributed by atoms with E-state index in [-0.39, 0.29) is 34.1 Å². The summed E-state index contributed by atoms with van der Waals surface area (Å²) in [5, 5.41) is 26.9. The van der Waals surface area contributed by atoms with Crippen molar-refractivity contribution in [2.24, 2.45) is 0 Å². The molecule has 1 aromatic carbocycles. The first-order valence-corrected chi connectivity index (χ1v) is 8.05. The number of hydrogen-bond acceptors (Lipinski definition) is 5. The fourth-order valence-corrected chi connectivity index (χ4v) is 2.63. The largest absolute Gasteiger partial charge is 0.416 e. The Morgan fingerprint density at radius 2 is 2.00 bits per heavy atom. The van der Waals surface area contributed by atoms with Crippen LogP contribution >= 0.6 is 0 Å². The summed E-state index contributed by atoms with van der Waals surface area (Å²) < 4.78 is 39.6. The van der Waals surface area contributed by atoms with Crippen molar-refractivity contribution >= 4 is 16.8 Å². The standard InChI is InChI=1S/C17H15F3N4O4/c18-17(19,20)9-2-11(13-6-23-24-14(13)3-9)12-1-8(4-21-16(12)28)15(27)22-5-10(26)7-25/h1-4,6,10,25-26H,5,7H2,(H,21,28)(H,22,27)(H,23,24). The van der Waals surface area contributed by atoms with Crippen molar-refractivity contribution in [1.82, 2.24) is 20.5 Å². The normalized spacial score (nSPS) is 12.9. The van der Waals surface area contributed by atoms with Crippen molar-refractivity contribution in [2.75, 3.05) is 13.2 Å². The van der Waals surface area contributed by atoms with Crippen molar-refractivity contribution < 1.29 is 28.2 Å². The van der Waals surface area contributed by atoms with Gasteiger partial charge in [-0.3, -0.25) is 14.7 Å². The Labute approximate surface area is 155 Å². The second kappa shape index (κ2) is 7.44. The van der Waals surface area contributed by atoms with Gasteiger partial charge >= 0.3 is 6.18 Å². The molecule has 0 aliphatic carbocycles. The summed E-state index contributed by atoms with van der Waals surface area (Å²) in [5.74, 6) is -0.680. The minimum absolute atomic E-state index is 0.0335. The Bertz CT molecular complexity index is 1070. The number of amides is 1. The van der Waals surface area contributed by atoms with E-state index in [0.29, 0.717) is 0 Å². The van der Waals surface area contributed by atoms with Crippen LogP contribution in [0.25, 0.3) is 22.0 Å². The molecule has 8 nitrogen and oxygen atoms in total. The Kier molecular flexibility index (Phi) is 5.21. The van der Waals surface area contributed by atoms with Crippen LogP contribution in [-0.2, 0) is 6.18 Å². The first-order valence-electron chi connectivity index (χ1n) is 8.05. The van der Waals surface area contributed by atoms with Crippen molar-refractivity contribution in [3.63, 3.8) is 0 Å². The number of aromatic nitrogens is 3.